The normalized spacial score (nSPS) is 14.3. The Morgan fingerprint density at radius 2 is 2.36 bits per heavy atom. The van der Waals surface area contributed by atoms with Crippen LogP contribution in [0.15, 0.2) is 12.1 Å². The van der Waals surface area contributed by atoms with E-state index in [1.54, 1.807) is 0 Å². The molecular formula is C10H12N2O2. The summed E-state index contributed by atoms with van der Waals surface area (Å²) in [6.07, 6.45) is 0. The maximum Gasteiger partial charge on any atom is 0.262 e. The second-order valence-electron chi connectivity index (χ2n) is 3.26. The summed E-state index contributed by atoms with van der Waals surface area (Å²) in [4.78, 5) is 11.1. The first-order valence-electron chi connectivity index (χ1n) is 4.47. The van der Waals surface area contributed by atoms with Gasteiger partial charge in [-0.25, -0.2) is 0 Å². The number of hydrogen-bond acceptors (Lipinski definition) is 3. The zero-order valence-electron chi connectivity index (χ0n) is 7.96. The smallest absolute Gasteiger partial charge is 0.262 e. The Hall–Kier alpha value is -1.55. The predicted molar refractivity (Wildman–Crippen MR) is 53.2 cm³/mol. The average Bonchev–Trinajstić information content (AvgIpc) is 2.20. The van der Waals surface area contributed by atoms with Crippen LogP contribution in [0.4, 0.5) is 5.69 Å². The summed E-state index contributed by atoms with van der Waals surface area (Å²) in [5.74, 6) is 0.606. The van der Waals surface area contributed by atoms with Crippen LogP contribution < -0.4 is 15.8 Å². The molecule has 4 heteroatoms. The molecule has 0 fully saturated rings. The minimum Gasteiger partial charge on any atom is -0.482 e. The Labute approximate surface area is 82.1 Å². The molecule has 1 aliphatic heterocycles. The van der Waals surface area contributed by atoms with Crippen molar-refractivity contribution in [1.82, 2.24) is 0 Å². The summed E-state index contributed by atoms with van der Waals surface area (Å²) < 4.78 is 5.26. The molecule has 3 N–H and O–H groups in total. The van der Waals surface area contributed by atoms with Crippen molar-refractivity contribution in [3.05, 3.63) is 23.3 Å². The molecule has 0 spiro atoms. The number of rotatable bonds is 1. The minimum atomic E-state index is -0.116. The number of nitrogens with two attached hydrogens (primary N) is 1. The number of carbonyl (C=O) groups is 1. The van der Waals surface area contributed by atoms with E-state index in [-0.39, 0.29) is 12.5 Å². The van der Waals surface area contributed by atoms with Crippen molar-refractivity contribution >= 4 is 11.6 Å². The summed E-state index contributed by atoms with van der Waals surface area (Å²) in [5, 5.41) is 2.78. The molecule has 74 valence electrons. The molecule has 0 aromatic heterocycles. The van der Waals surface area contributed by atoms with E-state index in [2.05, 4.69) is 5.32 Å². The molecular weight excluding hydrogens is 180 g/mol. The first-order valence-corrected chi connectivity index (χ1v) is 4.47. The van der Waals surface area contributed by atoms with E-state index in [0.29, 0.717) is 6.54 Å². The van der Waals surface area contributed by atoms with E-state index >= 15 is 0 Å². The van der Waals surface area contributed by atoms with E-state index in [4.69, 9.17) is 10.5 Å². The summed E-state index contributed by atoms with van der Waals surface area (Å²) in [6, 6.07) is 3.76. The van der Waals surface area contributed by atoms with E-state index in [9.17, 15) is 4.79 Å². The number of carbonyl (C=O) groups excluding carboxylic acids is 1. The molecule has 4 nitrogen and oxygen atoms in total. The lowest BCUT2D eigenvalue weighted by Crippen LogP contribution is -2.26. The van der Waals surface area contributed by atoms with E-state index in [1.807, 2.05) is 19.1 Å². The summed E-state index contributed by atoms with van der Waals surface area (Å²) >= 11 is 0. The monoisotopic (exact) mass is 192 g/mol. The summed E-state index contributed by atoms with van der Waals surface area (Å²) in [5.41, 5.74) is 8.33. The molecule has 1 amide bonds. The van der Waals surface area contributed by atoms with Crippen LogP contribution in [0, 0.1) is 6.92 Å². The lowest BCUT2D eigenvalue weighted by atomic mass is 10.1. The highest BCUT2D eigenvalue weighted by Gasteiger charge is 2.18. The van der Waals surface area contributed by atoms with Gasteiger partial charge >= 0.3 is 0 Å². The third-order valence-electron chi connectivity index (χ3n) is 2.38. The van der Waals surface area contributed by atoms with Gasteiger partial charge in [-0.15, -0.1) is 0 Å². The van der Waals surface area contributed by atoms with Crippen LogP contribution in [0.3, 0.4) is 0 Å². The zero-order chi connectivity index (χ0) is 10.1. The van der Waals surface area contributed by atoms with Gasteiger partial charge in [-0.2, -0.15) is 0 Å². The fourth-order valence-electron chi connectivity index (χ4n) is 1.55. The van der Waals surface area contributed by atoms with Gasteiger partial charge < -0.3 is 15.8 Å². The molecule has 0 aliphatic carbocycles. The van der Waals surface area contributed by atoms with Gasteiger partial charge in [-0.1, -0.05) is 6.07 Å². The van der Waals surface area contributed by atoms with Crippen molar-refractivity contribution in [3.63, 3.8) is 0 Å². The molecule has 1 aromatic carbocycles. The van der Waals surface area contributed by atoms with Gasteiger partial charge in [0.05, 0.1) is 5.69 Å². The summed E-state index contributed by atoms with van der Waals surface area (Å²) in [7, 11) is 0. The highest BCUT2D eigenvalue weighted by atomic mass is 16.5. The van der Waals surface area contributed by atoms with Gasteiger partial charge in [-0.05, 0) is 24.1 Å². The number of benzene rings is 1. The number of anilines is 1. The Kier molecular flexibility index (Phi) is 2.13. The van der Waals surface area contributed by atoms with Gasteiger partial charge in [0, 0.05) is 6.54 Å². The molecule has 0 saturated carbocycles. The quantitative estimate of drug-likeness (QED) is 0.691. The van der Waals surface area contributed by atoms with E-state index in [1.165, 1.54) is 0 Å². The van der Waals surface area contributed by atoms with Crippen molar-refractivity contribution in [3.8, 4) is 5.75 Å². The molecule has 0 bridgehead atoms. The number of amides is 1. The second kappa shape index (κ2) is 3.31. The topological polar surface area (TPSA) is 64.3 Å². The van der Waals surface area contributed by atoms with Crippen molar-refractivity contribution in [2.75, 3.05) is 11.9 Å². The number of nitrogens with one attached hydrogen (secondary N) is 1. The lowest BCUT2D eigenvalue weighted by molar-refractivity contribution is -0.118. The highest BCUT2D eigenvalue weighted by molar-refractivity contribution is 5.96. The molecule has 14 heavy (non-hydrogen) atoms. The number of fused-ring (bicyclic) bond motifs is 1. The summed E-state index contributed by atoms with van der Waals surface area (Å²) in [6.45, 7) is 2.49. The van der Waals surface area contributed by atoms with Crippen LogP contribution in [-0.2, 0) is 11.3 Å². The van der Waals surface area contributed by atoms with Crippen LogP contribution in [0.2, 0.25) is 0 Å². The Morgan fingerprint density at radius 1 is 1.57 bits per heavy atom. The van der Waals surface area contributed by atoms with E-state index < -0.39 is 0 Å². The van der Waals surface area contributed by atoms with Gasteiger partial charge in [0.1, 0.15) is 5.75 Å². The van der Waals surface area contributed by atoms with Gasteiger partial charge in [0.2, 0.25) is 0 Å². The Balaban J connectivity index is 2.50. The molecule has 1 aliphatic rings. The van der Waals surface area contributed by atoms with Crippen LogP contribution in [0.25, 0.3) is 0 Å². The van der Waals surface area contributed by atoms with Crippen molar-refractivity contribution < 1.29 is 9.53 Å². The molecule has 0 unspecified atom stereocenters. The molecule has 1 aromatic rings. The maximum atomic E-state index is 11.1. The third-order valence-corrected chi connectivity index (χ3v) is 2.38. The standard InChI is InChI=1S/C10H12N2O2/c1-6-7(4-11)2-3-8-10(6)12-9(13)5-14-8/h2-3H,4-5,11H2,1H3,(H,12,13). The van der Waals surface area contributed by atoms with Crippen LogP contribution >= 0.6 is 0 Å². The van der Waals surface area contributed by atoms with Crippen molar-refractivity contribution in [2.24, 2.45) is 5.73 Å². The Bertz CT molecular complexity index is 388. The van der Waals surface area contributed by atoms with Crippen LogP contribution in [0.5, 0.6) is 5.75 Å². The molecule has 0 radical (unpaired) electrons. The first-order chi connectivity index (χ1) is 6.72. The van der Waals surface area contributed by atoms with Gasteiger partial charge in [0.15, 0.2) is 6.61 Å². The Morgan fingerprint density at radius 3 is 3.07 bits per heavy atom. The second-order valence-corrected chi connectivity index (χ2v) is 3.26. The fraction of sp³-hybridized carbons (Fsp3) is 0.300. The highest BCUT2D eigenvalue weighted by Crippen LogP contribution is 2.32. The van der Waals surface area contributed by atoms with Crippen molar-refractivity contribution in [1.29, 1.82) is 0 Å². The van der Waals surface area contributed by atoms with Crippen LogP contribution in [0.1, 0.15) is 11.1 Å². The SMILES string of the molecule is Cc1c(CN)ccc2c1NC(=O)CO2. The largest absolute Gasteiger partial charge is 0.482 e. The minimum absolute atomic E-state index is 0.0917. The average molecular weight is 192 g/mol. The molecule has 0 atom stereocenters. The van der Waals surface area contributed by atoms with Crippen LogP contribution in [-0.4, -0.2) is 12.5 Å². The van der Waals surface area contributed by atoms with E-state index in [0.717, 1.165) is 22.6 Å². The van der Waals surface area contributed by atoms with Gasteiger partial charge in [0.25, 0.3) is 5.91 Å². The maximum absolute atomic E-state index is 11.1. The number of hydrogen-bond donors (Lipinski definition) is 2. The predicted octanol–water partition coefficient (Wildman–Crippen LogP) is 0.785. The van der Waals surface area contributed by atoms with Crippen molar-refractivity contribution in [2.45, 2.75) is 13.5 Å². The zero-order valence-corrected chi connectivity index (χ0v) is 7.96. The molecule has 1 heterocycles. The fourth-order valence-corrected chi connectivity index (χ4v) is 1.55. The van der Waals surface area contributed by atoms with Gasteiger partial charge in [-0.3, -0.25) is 4.79 Å². The lowest BCUT2D eigenvalue weighted by Gasteiger charge is -2.21. The molecule has 2 rings (SSSR count). The molecule has 0 saturated heterocycles. The number of ether oxygens (including phenoxy) is 1. The first kappa shape index (κ1) is 9.02. The third kappa shape index (κ3) is 1.33.